The van der Waals surface area contributed by atoms with Crippen molar-refractivity contribution in [2.75, 3.05) is 13.2 Å². The number of hydrogen-bond donors (Lipinski definition) is 0. The van der Waals surface area contributed by atoms with Crippen LogP contribution in [-0.4, -0.2) is 35.1 Å². The molecule has 0 atom stereocenters. The molecular weight excluding hydrogens is 610 g/mol. The number of esters is 1. The third-order valence-electron chi connectivity index (χ3n) is 6.29. The van der Waals surface area contributed by atoms with Gasteiger partial charge in [-0.1, -0.05) is 37.6 Å². The lowest BCUT2D eigenvalue weighted by Gasteiger charge is -2.18. The van der Waals surface area contributed by atoms with Gasteiger partial charge in [-0.15, -0.1) is 0 Å². The molecule has 0 radical (unpaired) electrons. The summed E-state index contributed by atoms with van der Waals surface area (Å²) in [6.07, 6.45) is 1.49. The van der Waals surface area contributed by atoms with E-state index in [9.17, 15) is 9.59 Å². The summed E-state index contributed by atoms with van der Waals surface area (Å²) in [7, 11) is 0. The summed E-state index contributed by atoms with van der Waals surface area (Å²) in [6, 6.07) is 12.8. The fourth-order valence-electron chi connectivity index (χ4n) is 4.40. The van der Waals surface area contributed by atoms with E-state index in [2.05, 4.69) is 34.9 Å². The maximum Gasteiger partial charge on any atom is 0.308 e. The van der Waals surface area contributed by atoms with E-state index in [1.165, 1.54) is 17.8 Å². The maximum atomic E-state index is 13.8. The number of benzene rings is 3. The number of aryl methyl sites for hydroxylation is 1. The van der Waals surface area contributed by atoms with Crippen LogP contribution in [0.2, 0.25) is 5.02 Å². The van der Waals surface area contributed by atoms with E-state index >= 15 is 0 Å². The van der Waals surface area contributed by atoms with Gasteiger partial charge in [0.25, 0.3) is 5.56 Å². The third kappa shape index (κ3) is 6.31. The van der Waals surface area contributed by atoms with Crippen molar-refractivity contribution in [1.29, 1.82) is 0 Å². The van der Waals surface area contributed by atoms with Crippen LogP contribution in [0.3, 0.4) is 0 Å². The molecule has 4 rings (SSSR count). The van der Waals surface area contributed by atoms with Crippen LogP contribution in [0.25, 0.3) is 22.3 Å². The van der Waals surface area contributed by atoms with Crippen LogP contribution in [0.5, 0.6) is 17.2 Å². The Bertz CT molecular complexity index is 1720. The molecule has 10 heteroatoms. The number of fused-ring (bicyclic) bond motifs is 1. The van der Waals surface area contributed by atoms with Crippen LogP contribution in [0, 0.1) is 6.92 Å². The minimum Gasteiger partial charge on any atom is -0.494 e. The molecule has 3 aromatic carbocycles. The van der Waals surface area contributed by atoms with Crippen molar-refractivity contribution in [1.82, 2.24) is 9.66 Å². The first-order valence-corrected chi connectivity index (χ1v) is 14.4. The van der Waals surface area contributed by atoms with E-state index in [1.807, 2.05) is 32.0 Å². The van der Waals surface area contributed by atoms with Gasteiger partial charge >= 0.3 is 5.97 Å². The van der Waals surface area contributed by atoms with E-state index in [-0.39, 0.29) is 28.0 Å². The first-order valence-electron chi connectivity index (χ1n) is 13.2. The maximum absolute atomic E-state index is 13.8. The smallest absolute Gasteiger partial charge is 0.308 e. The molecule has 41 heavy (non-hydrogen) atoms. The molecule has 0 bridgehead atoms. The lowest BCUT2D eigenvalue weighted by atomic mass is 9.96. The van der Waals surface area contributed by atoms with Crippen LogP contribution in [-0.2, 0) is 4.79 Å². The quantitative estimate of drug-likeness (QED) is 0.107. The number of rotatable bonds is 9. The number of para-hydroxylation sites is 1. The molecule has 0 N–H and O–H groups in total. The van der Waals surface area contributed by atoms with Crippen molar-refractivity contribution < 1.29 is 19.0 Å². The van der Waals surface area contributed by atoms with Gasteiger partial charge < -0.3 is 14.2 Å². The number of nitrogens with zero attached hydrogens (tertiary/aromatic N) is 3. The number of hydrogen-bond acceptors (Lipinski definition) is 7. The Labute approximate surface area is 252 Å². The summed E-state index contributed by atoms with van der Waals surface area (Å²) in [4.78, 5) is 30.3. The molecule has 0 saturated carbocycles. The van der Waals surface area contributed by atoms with Gasteiger partial charge in [0.1, 0.15) is 10.8 Å². The Balaban J connectivity index is 1.97. The largest absolute Gasteiger partial charge is 0.494 e. The average Bonchev–Trinajstić information content (AvgIpc) is 2.93. The van der Waals surface area contributed by atoms with E-state index < -0.39 is 5.97 Å². The molecule has 0 saturated heterocycles. The standard InChI is InChI=1S/C31H31BrClN3O5/c1-7-39-25-13-18(5)23(15-22(25)17(3)4)30-35-24-12-10-9-11-21(24)31(38)36(30)34-16-20-14-26(40-8-2)29(41-19(6)37)28(33)27(20)32/h9-17H,7-8H2,1-6H3. The highest BCUT2D eigenvalue weighted by molar-refractivity contribution is 9.10. The van der Waals surface area contributed by atoms with Gasteiger partial charge in [-0.3, -0.25) is 9.59 Å². The summed E-state index contributed by atoms with van der Waals surface area (Å²) in [5.41, 5.74) is 3.39. The Hall–Kier alpha value is -3.69. The molecule has 1 heterocycles. The second-order valence-corrected chi connectivity index (χ2v) is 10.7. The normalized spacial score (nSPS) is 11.4. The molecule has 8 nitrogen and oxygen atoms in total. The molecule has 1 aromatic heterocycles. The number of carbonyl (C=O) groups is 1. The fourth-order valence-corrected chi connectivity index (χ4v) is 5.03. The summed E-state index contributed by atoms with van der Waals surface area (Å²) < 4.78 is 18.6. The number of aromatic nitrogens is 2. The Morgan fingerprint density at radius 1 is 1.12 bits per heavy atom. The summed E-state index contributed by atoms with van der Waals surface area (Å²) in [5, 5.41) is 5.17. The van der Waals surface area contributed by atoms with Gasteiger partial charge in [0.05, 0.1) is 30.3 Å². The first-order chi connectivity index (χ1) is 19.6. The molecule has 0 aliphatic carbocycles. The van der Waals surface area contributed by atoms with Gasteiger partial charge in [-0.05, 0) is 84.1 Å². The molecule has 4 aromatic rings. The zero-order valence-electron chi connectivity index (χ0n) is 23.7. The predicted molar refractivity (Wildman–Crippen MR) is 166 cm³/mol. The summed E-state index contributed by atoms with van der Waals surface area (Å²) in [5.74, 6) is 1.19. The van der Waals surface area contributed by atoms with Crippen LogP contribution < -0.4 is 19.8 Å². The lowest BCUT2D eigenvalue weighted by Crippen LogP contribution is -2.21. The lowest BCUT2D eigenvalue weighted by molar-refractivity contribution is -0.132. The van der Waals surface area contributed by atoms with Gasteiger partial charge in [0.15, 0.2) is 17.3 Å². The number of halogens is 2. The highest BCUT2D eigenvalue weighted by atomic mass is 79.9. The number of ether oxygens (including phenoxy) is 3. The minimum absolute atomic E-state index is 0.0986. The predicted octanol–water partition coefficient (Wildman–Crippen LogP) is 7.52. The minimum atomic E-state index is -0.536. The Morgan fingerprint density at radius 2 is 1.80 bits per heavy atom. The van der Waals surface area contributed by atoms with E-state index in [0.717, 1.165) is 22.4 Å². The molecule has 0 fully saturated rings. The zero-order chi connectivity index (χ0) is 29.8. The molecule has 0 unspecified atom stereocenters. The van der Waals surface area contributed by atoms with Crippen LogP contribution in [0.4, 0.5) is 0 Å². The second kappa shape index (κ2) is 12.9. The van der Waals surface area contributed by atoms with Crippen molar-refractivity contribution in [2.24, 2.45) is 5.10 Å². The van der Waals surface area contributed by atoms with Crippen molar-refractivity contribution in [3.63, 3.8) is 0 Å². The molecule has 214 valence electrons. The zero-order valence-corrected chi connectivity index (χ0v) is 26.1. The Kier molecular flexibility index (Phi) is 9.50. The highest BCUT2D eigenvalue weighted by Gasteiger charge is 2.21. The third-order valence-corrected chi connectivity index (χ3v) is 7.73. The van der Waals surface area contributed by atoms with Crippen molar-refractivity contribution in [3.8, 4) is 28.6 Å². The van der Waals surface area contributed by atoms with Crippen molar-refractivity contribution in [3.05, 3.63) is 79.0 Å². The summed E-state index contributed by atoms with van der Waals surface area (Å²) in [6.45, 7) is 12.0. The van der Waals surface area contributed by atoms with E-state index in [4.69, 9.17) is 30.8 Å². The van der Waals surface area contributed by atoms with Gasteiger partial charge in [-0.25, -0.2) is 4.98 Å². The second-order valence-electron chi connectivity index (χ2n) is 9.55. The SMILES string of the molecule is CCOc1cc(C)c(-c2nc3ccccc3c(=O)n2N=Cc2cc(OCC)c(OC(C)=O)c(Cl)c2Br)cc1C(C)C. The topological polar surface area (TPSA) is 92.0 Å². The number of carbonyl (C=O) groups excluding carboxylic acids is 1. The van der Waals surface area contributed by atoms with Gasteiger partial charge in [0.2, 0.25) is 0 Å². The molecule has 0 amide bonds. The van der Waals surface area contributed by atoms with Crippen LogP contribution in [0.15, 0.2) is 56.8 Å². The molecule has 0 aliphatic rings. The van der Waals surface area contributed by atoms with Crippen molar-refractivity contribution in [2.45, 2.75) is 47.5 Å². The van der Waals surface area contributed by atoms with Crippen molar-refractivity contribution >= 4 is 50.6 Å². The van der Waals surface area contributed by atoms with Crippen LogP contribution in [0.1, 0.15) is 57.2 Å². The first kappa shape index (κ1) is 30.3. The Morgan fingerprint density at radius 3 is 2.46 bits per heavy atom. The fraction of sp³-hybridized carbons (Fsp3) is 0.290. The van der Waals surface area contributed by atoms with E-state index in [1.54, 1.807) is 31.2 Å². The van der Waals surface area contributed by atoms with Crippen LogP contribution >= 0.6 is 27.5 Å². The van der Waals surface area contributed by atoms with Gasteiger partial charge in [-0.2, -0.15) is 9.78 Å². The monoisotopic (exact) mass is 639 g/mol. The average molecular weight is 641 g/mol. The molecule has 0 aliphatic heterocycles. The van der Waals surface area contributed by atoms with Gasteiger partial charge in [0, 0.05) is 22.5 Å². The summed E-state index contributed by atoms with van der Waals surface area (Å²) >= 11 is 10.0. The molecule has 0 spiro atoms. The molecular formula is C31H31BrClN3O5. The van der Waals surface area contributed by atoms with E-state index in [0.29, 0.717) is 40.0 Å². The highest BCUT2D eigenvalue weighted by Crippen LogP contribution is 2.42.